The fraction of sp³-hybridized carbons (Fsp3) is 0.316. The van der Waals surface area contributed by atoms with Gasteiger partial charge in [-0.3, -0.25) is 9.55 Å². The Hall–Kier alpha value is -2.98. The van der Waals surface area contributed by atoms with Gasteiger partial charge < -0.3 is 4.74 Å². The molecular weight excluding hydrogens is 394 g/mol. The summed E-state index contributed by atoms with van der Waals surface area (Å²) in [6, 6.07) is 9.88. The summed E-state index contributed by atoms with van der Waals surface area (Å²) in [4.78, 5) is 17.0. The minimum atomic E-state index is -3.69. The van der Waals surface area contributed by atoms with Crippen molar-refractivity contribution >= 4 is 10.0 Å². The maximum atomic E-state index is 12.8. The van der Waals surface area contributed by atoms with Crippen molar-refractivity contribution in [3.05, 3.63) is 59.3 Å². The second-order valence-electron chi connectivity index (χ2n) is 6.75. The molecule has 1 aliphatic carbocycles. The Bertz CT molecular complexity index is 1150. The van der Waals surface area contributed by atoms with Gasteiger partial charge in [0.15, 0.2) is 5.82 Å². The molecule has 4 rings (SSSR count). The Kier molecular flexibility index (Phi) is 5.20. The Labute approximate surface area is 168 Å². The number of sulfonamides is 1. The number of nitrogens with one attached hydrogen (secondary N) is 1. The molecule has 0 atom stereocenters. The molecule has 3 aromatic rings. The summed E-state index contributed by atoms with van der Waals surface area (Å²) in [5.74, 6) is 1.13. The summed E-state index contributed by atoms with van der Waals surface area (Å²) in [6.07, 6.45) is 5.19. The van der Waals surface area contributed by atoms with Gasteiger partial charge >= 0.3 is 5.69 Å². The fourth-order valence-electron chi connectivity index (χ4n) is 3.04. The van der Waals surface area contributed by atoms with Gasteiger partial charge in [0, 0.05) is 30.5 Å². The number of hydrogen-bond acceptors (Lipinski definition) is 6. The van der Waals surface area contributed by atoms with Crippen molar-refractivity contribution in [2.45, 2.75) is 30.3 Å². The lowest BCUT2D eigenvalue weighted by molar-refractivity contribution is 0.414. The lowest BCUT2D eigenvalue weighted by Gasteiger charge is -2.07. The minimum absolute atomic E-state index is 0.0441. The van der Waals surface area contributed by atoms with E-state index in [-0.39, 0.29) is 29.7 Å². The predicted octanol–water partition coefficient (Wildman–Crippen LogP) is 1.43. The Morgan fingerprint density at radius 1 is 1.21 bits per heavy atom. The fourth-order valence-corrected chi connectivity index (χ4v) is 4.06. The molecular formula is C19H21N5O4S. The lowest BCUT2D eigenvalue weighted by Crippen LogP contribution is -2.32. The van der Waals surface area contributed by atoms with Crippen molar-refractivity contribution in [2.24, 2.45) is 0 Å². The van der Waals surface area contributed by atoms with E-state index < -0.39 is 10.0 Å². The third-order valence-electron chi connectivity index (χ3n) is 4.69. The molecule has 29 heavy (non-hydrogen) atoms. The molecule has 1 aromatic carbocycles. The van der Waals surface area contributed by atoms with E-state index in [9.17, 15) is 13.2 Å². The smallest absolute Gasteiger partial charge is 0.346 e. The van der Waals surface area contributed by atoms with Crippen LogP contribution in [0.5, 0.6) is 5.75 Å². The van der Waals surface area contributed by atoms with E-state index in [2.05, 4.69) is 14.8 Å². The van der Waals surface area contributed by atoms with Crippen molar-refractivity contribution in [3.8, 4) is 17.1 Å². The molecule has 9 nitrogen and oxygen atoms in total. The van der Waals surface area contributed by atoms with E-state index >= 15 is 0 Å². The van der Waals surface area contributed by atoms with Crippen LogP contribution < -0.4 is 15.1 Å². The van der Waals surface area contributed by atoms with E-state index in [4.69, 9.17) is 4.74 Å². The first-order valence-corrected chi connectivity index (χ1v) is 10.7. The Morgan fingerprint density at radius 2 is 1.97 bits per heavy atom. The highest BCUT2D eigenvalue weighted by atomic mass is 32.2. The summed E-state index contributed by atoms with van der Waals surface area (Å²) < 4.78 is 35.4. The van der Waals surface area contributed by atoms with Gasteiger partial charge in [-0.05, 0) is 49.2 Å². The van der Waals surface area contributed by atoms with Gasteiger partial charge in [0.25, 0.3) is 0 Å². The molecule has 0 radical (unpaired) electrons. The average Bonchev–Trinajstić information content (AvgIpc) is 3.52. The second kappa shape index (κ2) is 7.80. The summed E-state index contributed by atoms with van der Waals surface area (Å²) >= 11 is 0. The van der Waals surface area contributed by atoms with Gasteiger partial charge in [0.1, 0.15) is 5.75 Å². The maximum absolute atomic E-state index is 12.8. The van der Waals surface area contributed by atoms with Crippen LogP contribution in [-0.2, 0) is 16.6 Å². The van der Waals surface area contributed by atoms with Crippen LogP contribution in [0.25, 0.3) is 11.4 Å². The zero-order chi connectivity index (χ0) is 20.4. The van der Waals surface area contributed by atoms with Gasteiger partial charge in [-0.1, -0.05) is 0 Å². The average molecular weight is 415 g/mol. The van der Waals surface area contributed by atoms with Gasteiger partial charge in [-0.15, -0.1) is 5.10 Å². The molecule has 0 amide bonds. The molecule has 0 unspecified atom stereocenters. The molecule has 1 fully saturated rings. The highest BCUT2D eigenvalue weighted by Gasteiger charge is 2.30. The van der Waals surface area contributed by atoms with Crippen molar-refractivity contribution < 1.29 is 13.2 Å². The molecule has 0 saturated heterocycles. The first kappa shape index (κ1) is 19.3. The van der Waals surface area contributed by atoms with Crippen LogP contribution in [0.15, 0.2) is 58.5 Å². The van der Waals surface area contributed by atoms with Crippen LogP contribution in [0.2, 0.25) is 0 Å². The van der Waals surface area contributed by atoms with Crippen LogP contribution in [0, 0.1) is 0 Å². The highest BCUT2D eigenvalue weighted by molar-refractivity contribution is 7.89. The van der Waals surface area contributed by atoms with Gasteiger partial charge in [-0.25, -0.2) is 22.6 Å². The third kappa shape index (κ3) is 4.08. The molecule has 1 N–H and O–H groups in total. The molecule has 152 valence electrons. The number of methoxy groups -OCH3 is 1. The molecule has 0 aliphatic heterocycles. The summed E-state index contributed by atoms with van der Waals surface area (Å²) in [5, 5.41) is 4.43. The van der Waals surface area contributed by atoms with E-state index in [1.807, 2.05) is 6.07 Å². The molecule has 0 bridgehead atoms. The van der Waals surface area contributed by atoms with Crippen LogP contribution in [0.3, 0.4) is 0 Å². The summed E-state index contributed by atoms with van der Waals surface area (Å²) in [7, 11) is -2.18. The van der Waals surface area contributed by atoms with E-state index in [1.54, 1.807) is 35.2 Å². The monoisotopic (exact) mass is 415 g/mol. The normalized spacial score (nSPS) is 14.1. The largest absolute Gasteiger partial charge is 0.497 e. The highest BCUT2D eigenvalue weighted by Crippen LogP contribution is 2.36. The van der Waals surface area contributed by atoms with Gasteiger partial charge in [-0.2, -0.15) is 0 Å². The van der Waals surface area contributed by atoms with E-state index in [1.165, 1.54) is 23.9 Å². The van der Waals surface area contributed by atoms with E-state index in [0.717, 1.165) is 18.4 Å². The Balaban J connectivity index is 1.51. The number of nitrogens with zero attached hydrogens (tertiary/aromatic N) is 4. The number of pyridine rings is 1. The molecule has 1 aliphatic rings. The number of benzene rings is 1. The summed E-state index contributed by atoms with van der Waals surface area (Å²) in [6.45, 7) is 0.170. The molecule has 0 spiro atoms. The van der Waals surface area contributed by atoms with Crippen molar-refractivity contribution in [2.75, 3.05) is 13.7 Å². The van der Waals surface area contributed by atoms with Crippen molar-refractivity contribution in [1.29, 1.82) is 0 Å². The first-order valence-electron chi connectivity index (χ1n) is 9.23. The van der Waals surface area contributed by atoms with Crippen LogP contribution in [-0.4, -0.2) is 41.4 Å². The van der Waals surface area contributed by atoms with Crippen LogP contribution >= 0.6 is 0 Å². The number of aromatic nitrogens is 4. The molecule has 2 aromatic heterocycles. The number of ether oxygens (including phenoxy) is 1. The zero-order valence-electron chi connectivity index (χ0n) is 15.9. The quantitative estimate of drug-likeness (QED) is 0.596. The number of rotatable bonds is 8. The SMILES string of the molecule is COc1ccc(S(=O)(=O)NCCn2nc(-c3cccnc3)n(C3CC3)c2=O)cc1. The van der Waals surface area contributed by atoms with Crippen molar-refractivity contribution in [3.63, 3.8) is 0 Å². The molecule has 2 heterocycles. The van der Waals surface area contributed by atoms with Crippen LogP contribution in [0.1, 0.15) is 18.9 Å². The minimum Gasteiger partial charge on any atom is -0.497 e. The molecule has 10 heteroatoms. The summed E-state index contributed by atoms with van der Waals surface area (Å²) in [5.41, 5.74) is 0.518. The van der Waals surface area contributed by atoms with Crippen LogP contribution in [0.4, 0.5) is 0 Å². The third-order valence-corrected chi connectivity index (χ3v) is 6.16. The maximum Gasteiger partial charge on any atom is 0.346 e. The van der Waals surface area contributed by atoms with Gasteiger partial charge in [0.05, 0.1) is 18.6 Å². The predicted molar refractivity (Wildman–Crippen MR) is 106 cm³/mol. The standard InChI is InChI=1S/C19H21N5O4S/c1-28-16-6-8-17(9-7-16)29(26,27)21-11-12-23-19(25)24(15-4-5-15)18(22-23)14-3-2-10-20-13-14/h2-3,6-10,13,15,21H,4-5,11-12H2,1H3. The zero-order valence-corrected chi connectivity index (χ0v) is 16.7. The Morgan fingerprint density at radius 3 is 2.59 bits per heavy atom. The topological polar surface area (TPSA) is 108 Å². The first-order chi connectivity index (χ1) is 14.0. The van der Waals surface area contributed by atoms with E-state index in [0.29, 0.717) is 11.6 Å². The molecule has 1 saturated carbocycles. The van der Waals surface area contributed by atoms with Crippen molar-refractivity contribution in [1.82, 2.24) is 24.1 Å². The lowest BCUT2D eigenvalue weighted by atomic mass is 10.3. The van der Waals surface area contributed by atoms with Gasteiger partial charge in [0.2, 0.25) is 10.0 Å². The number of hydrogen-bond donors (Lipinski definition) is 1. The second-order valence-corrected chi connectivity index (χ2v) is 8.51.